The maximum atomic E-state index is 13.5. The van der Waals surface area contributed by atoms with E-state index >= 15 is 0 Å². The van der Waals surface area contributed by atoms with Crippen LogP contribution >= 0.6 is 0 Å². The van der Waals surface area contributed by atoms with Crippen LogP contribution in [0, 0.1) is 6.92 Å². The van der Waals surface area contributed by atoms with Crippen LogP contribution in [0.5, 0.6) is 11.5 Å². The van der Waals surface area contributed by atoms with E-state index in [4.69, 9.17) is 9.47 Å². The lowest BCUT2D eigenvalue weighted by Crippen LogP contribution is -2.48. The molecular formula is C23H33N3O4. The average Bonchev–Trinajstić information content (AvgIpc) is 2.76. The molecule has 2 aromatic rings. The van der Waals surface area contributed by atoms with E-state index in [0.29, 0.717) is 18.7 Å². The third-order valence-corrected chi connectivity index (χ3v) is 5.97. The average molecular weight is 416 g/mol. The number of hydrogen-bond acceptors (Lipinski definition) is 6. The summed E-state index contributed by atoms with van der Waals surface area (Å²) in [4.78, 5) is 18.2. The van der Waals surface area contributed by atoms with Crippen LogP contribution in [0.3, 0.4) is 0 Å². The molecule has 7 nitrogen and oxygen atoms in total. The molecule has 0 amide bonds. The molecule has 0 spiro atoms. The van der Waals surface area contributed by atoms with Crippen molar-refractivity contribution >= 4 is 0 Å². The standard InChI is InChI=1S/C23H33N3O4/c1-5-24-10-12-25(13-11-24)22(18-6-8-19(30-4)9-7-18)21-20(27)16-17(2)26(23(21)28)14-15-29-3/h6-9,16,22,27H,5,10-15H2,1-4H3/t22-/m1/s1. The third-order valence-electron chi connectivity index (χ3n) is 5.97. The molecule has 164 valence electrons. The number of aromatic hydroxyl groups is 1. The first-order chi connectivity index (χ1) is 14.5. The Kier molecular flexibility index (Phi) is 7.53. The zero-order valence-electron chi connectivity index (χ0n) is 18.4. The topological polar surface area (TPSA) is 67.2 Å². The summed E-state index contributed by atoms with van der Waals surface area (Å²) in [5, 5.41) is 10.9. The summed E-state index contributed by atoms with van der Waals surface area (Å²) in [6.45, 7) is 9.44. The van der Waals surface area contributed by atoms with Crippen LogP contribution in [0.1, 0.15) is 29.8 Å². The highest BCUT2D eigenvalue weighted by molar-refractivity contribution is 5.42. The minimum absolute atomic E-state index is 0.0462. The van der Waals surface area contributed by atoms with E-state index in [1.54, 1.807) is 24.9 Å². The van der Waals surface area contributed by atoms with Gasteiger partial charge in [0.1, 0.15) is 11.5 Å². The molecule has 0 radical (unpaired) electrons. The minimum atomic E-state index is -0.322. The molecule has 1 N–H and O–H groups in total. The molecule has 1 aliphatic heterocycles. The molecule has 1 atom stereocenters. The molecule has 3 rings (SSSR count). The molecule has 0 unspecified atom stereocenters. The first kappa shape index (κ1) is 22.3. The Balaban J connectivity index is 2.08. The van der Waals surface area contributed by atoms with Gasteiger partial charge >= 0.3 is 0 Å². The zero-order valence-corrected chi connectivity index (χ0v) is 18.4. The zero-order chi connectivity index (χ0) is 21.7. The van der Waals surface area contributed by atoms with Crippen LogP contribution in [-0.4, -0.2) is 73.0 Å². The molecule has 2 heterocycles. The summed E-state index contributed by atoms with van der Waals surface area (Å²) in [7, 11) is 3.26. The first-order valence-corrected chi connectivity index (χ1v) is 10.5. The number of rotatable bonds is 8. The highest BCUT2D eigenvalue weighted by Crippen LogP contribution is 2.34. The van der Waals surface area contributed by atoms with Gasteiger partial charge in [-0.25, -0.2) is 0 Å². The fraction of sp³-hybridized carbons (Fsp3) is 0.522. The van der Waals surface area contributed by atoms with Crippen molar-refractivity contribution in [2.24, 2.45) is 0 Å². The lowest BCUT2D eigenvalue weighted by Gasteiger charge is -2.39. The second-order valence-electron chi connectivity index (χ2n) is 7.68. The van der Waals surface area contributed by atoms with Gasteiger partial charge in [0.05, 0.1) is 25.3 Å². The monoisotopic (exact) mass is 415 g/mol. The van der Waals surface area contributed by atoms with Gasteiger partial charge in [-0.3, -0.25) is 9.69 Å². The SMILES string of the molecule is CCN1CCN([C@H](c2ccc(OC)cc2)c2c(O)cc(C)n(CCOC)c2=O)CC1. The molecule has 0 aliphatic carbocycles. The number of pyridine rings is 1. The van der Waals surface area contributed by atoms with Crippen molar-refractivity contribution in [3.63, 3.8) is 0 Å². The second-order valence-corrected chi connectivity index (χ2v) is 7.68. The molecule has 0 saturated carbocycles. The second kappa shape index (κ2) is 10.1. The molecular weight excluding hydrogens is 382 g/mol. The van der Waals surface area contributed by atoms with E-state index in [9.17, 15) is 9.90 Å². The minimum Gasteiger partial charge on any atom is -0.507 e. The quantitative estimate of drug-likeness (QED) is 0.713. The number of benzene rings is 1. The Morgan fingerprint density at radius 3 is 2.33 bits per heavy atom. The normalized spacial score (nSPS) is 16.5. The highest BCUT2D eigenvalue weighted by atomic mass is 16.5. The van der Waals surface area contributed by atoms with Crippen molar-refractivity contribution in [2.75, 3.05) is 53.6 Å². The van der Waals surface area contributed by atoms with E-state index in [1.807, 2.05) is 31.2 Å². The summed E-state index contributed by atoms with van der Waals surface area (Å²) in [5.74, 6) is 0.809. The predicted octanol–water partition coefficient (Wildman–Crippen LogP) is 2.24. The Bertz CT molecular complexity index is 887. The summed E-state index contributed by atoms with van der Waals surface area (Å²) >= 11 is 0. The fourth-order valence-corrected chi connectivity index (χ4v) is 4.17. The van der Waals surface area contributed by atoms with Gasteiger partial charge in [0.2, 0.25) is 0 Å². The lowest BCUT2D eigenvalue weighted by atomic mass is 9.96. The molecule has 1 saturated heterocycles. The van der Waals surface area contributed by atoms with Gasteiger partial charge in [0.15, 0.2) is 0 Å². The van der Waals surface area contributed by atoms with Crippen molar-refractivity contribution in [1.82, 2.24) is 14.4 Å². The first-order valence-electron chi connectivity index (χ1n) is 10.5. The van der Waals surface area contributed by atoms with Crippen molar-refractivity contribution < 1.29 is 14.6 Å². The number of hydrogen-bond donors (Lipinski definition) is 1. The van der Waals surface area contributed by atoms with Crippen LogP contribution in [0.2, 0.25) is 0 Å². The van der Waals surface area contributed by atoms with E-state index < -0.39 is 0 Å². The van der Waals surface area contributed by atoms with Gasteiger partial charge in [0, 0.05) is 45.5 Å². The lowest BCUT2D eigenvalue weighted by molar-refractivity contribution is 0.111. The van der Waals surface area contributed by atoms with Crippen LogP contribution in [0.25, 0.3) is 0 Å². The highest BCUT2D eigenvalue weighted by Gasteiger charge is 2.31. The third kappa shape index (κ3) is 4.69. The Labute approximate surface area is 178 Å². The largest absolute Gasteiger partial charge is 0.507 e. The smallest absolute Gasteiger partial charge is 0.259 e. The Hall–Kier alpha value is -2.35. The van der Waals surface area contributed by atoms with Gasteiger partial charge in [-0.05, 0) is 37.2 Å². The number of ether oxygens (including phenoxy) is 2. The summed E-state index contributed by atoms with van der Waals surface area (Å²) in [6, 6.07) is 9.13. The molecule has 1 aliphatic rings. The van der Waals surface area contributed by atoms with E-state index in [-0.39, 0.29) is 17.4 Å². The van der Waals surface area contributed by atoms with Gasteiger partial charge < -0.3 is 24.0 Å². The summed E-state index contributed by atoms with van der Waals surface area (Å²) in [5.41, 5.74) is 1.95. The number of aryl methyl sites for hydroxylation is 1. The maximum absolute atomic E-state index is 13.5. The van der Waals surface area contributed by atoms with Crippen LogP contribution in [0.15, 0.2) is 35.1 Å². The number of nitrogens with zero attached hydrogens (tertiary/aromatic N) is 3. The van der Waals surface area contributed by atoms with E-state index in [0.717, 1.165) is 49.7 Å². The number of methoxy groups -OCH3 is 2. The molecule has 1 fully saturated rings. The maximum Gasteiger partial charge on any atom is 0.259 e. The predicted molar refractivity (Wildman–Crippen MR) is 118 cm³/mol. The molecule has 7 heteroatoms. The Morgan fingerprint density at radius 2 is 1.77 bits per heavy atom. The van der Waals surface area contributed by atoms with Gasteiger partial charge in [-0.2, -0.15) is 0 Å². The van der Waals surface area contributed by atoms with Crippen molar-refractivity contribution in [2.45, 2.75) is 26.4 Å². The van der Waals surface area contributed by atoms with E-state index in [1.165, 1.54) is 0 Å². The van der Waals surface area contributed by atoms with Crippen molar-refractivity contribution in [1.29, 1.82) is 0 Å². The van der Waals surface area contributed by atoms with Crippen molar-refractivity contribution in [3.05, 3.63) is 57.5 Å². The van der Waals surface area contributed by atoms with Gasteiger partial charge in [-0.15, -0.1) is 0 Å². The number of aromatic nitrogens is 1. The number of piperazine rings is 1. The summed E-state index contributed by atoms with van der Waals surface area (Å²) in [6.07, 6.45) is 0. The molecule has 0 bridgehead atoms. The van der Waals surface area contributed by atoms with Crippen LogP contribution in [0.4, 0.5) is 0 Å². The Morgan fingerprint density at radius 1 is 1.10 bits per heavy atom. The molecule has 30 heavy (non-hydrogen) atoms. The molecule has 1 aromatic carbocycles. The van der Waals surface area contributed by atoms with Crippen LogP contribution < -0.4 is 10.3 Å². The van der Waals surface area contributed by atoms with Gasteiger partial charge in [0.25, 0.3) is 5.56 Å². The summed E-state index contributed by atoms with van der Waals surface area (Å²) < 4.78 is 12.2. The molecule has 1 aromatic heterocycles. The van der Waals surface area contributed by atoms with E-state index in [2.05, 4.69) is 16.7 Å². The van der Waals surface area contributed by atoms with Crippen LogP contribution in [-0.2, 0) is 11.3 Å². The van der Waals surface area contributed by atoms with Crippen molar-refractivity contribution in [3.8, 4) is 11.5 Å². The van der Waals surface area contributed by atoms with Gasteiger partial charge in [-0.1, -0.05) is 19.1 Å². The number of likely N-dealkylation sites (N-methyl/N-ethyl adjacent to an activating group) is 1. The fourth-order valence-electron chi connectivity index (χ4n) is 4.17.